The predicted octanol–water partition coefficient (Wildman–Crippen LogP) is 4.46. The Bertz CT molecular complexity index is 604. The Morgan fingerprint density at radius 1 is 1.35 bits per heavy atom. The van der Waals surface area contributed by atoms with Gasteiger partial charge in [-0.05, 0) is 43.2 Å². The lowest BCUT2D eigenvalue weighted by Gasteiger charge is -2.24. The Labute approximate surface area is 124 Å². The average Bonchev–Trinajstić information content (AvgIpc) is 2.87. The first kappa shape index (κ1) is 13.6. The molecule has 3 nitrogen and oxygen atoms in total. The lowest BCUT2D eigenvalue weighted by molar-refractivity contribution is 0.605. The normalized spacial score (nSPS) is 18.1. The highest BCUT2D eigenvalue weighted by molar-refractivity contribution is 7.10. The molecule has 0 amide bonds. The van der Waals surface area contributed by atoms with E-state index in [9.17, 15) is 0 Å². The minimum absolute atomic E-state index is 0.360. The summed E-state index contributed by atoms with van der Waals surface area (Å²) in [7, 11) is 0. The molecule has 1 aliphatic carbocycles. The topological polar surface area (TPSA) is 37.8 Å². The summed E-state index contributed by atoms with van der Waals surface area (Å²) >= 11 is 1.88. The number of hydrogen-bond donors (Lipinski definition) is 1. The van der Waals surface area contributed by atoms with E-state index in [4.69, 9.17) is 0 Å². The van der Waals surface area contributed by atoms with Gasteiger partial charge in [-0.2, -0.15) is 0 Å². The molecule has 106 valence electrons. The molecular formula is C16H21N3S. The Morgan fingerprint density at radius 3 is 3.00 bits per heavy atom. The third-order valence-electron chi connectivity index (χ3n) is 3.76. The number of thiophene rings is 1. The van der Waals surface area contributed by atoms with Gasteiger partial charge in [-0.3, -0.25) is 0 Å². The average molecular weight is 287 g/mol. The van der Waals surface area contributed by atoms with Crippen molar-refractivity contribution in [3.8, 4) is 0 Å². The fourth-order valence-electron chi connectivity index (χ4n) is 2.74. The highest BCUT2D eigenvalue weighted by Gasteiger charge is 2.21. The number of rotatable bonds is 3. The predicted molar refractivity (Wildman–Crippen MR) is 84.5 cm³/mol. The summed E-state index contributed by atoms with van der Waals surface area (Å²) in [5.41, 5.74) is 2.50. The minimum Gasteiger partial charge on any atom is -0.363 e. The Kier molecular flexibility index (Phi) is 3.74. The molecule has 2 aromatic rings. The zero-order valence-corrected chi connectivity index (χ0v) is 13.1. The van der Waals surface area contributed by atoms with Crippen LogP contribution in [-0.2, 0) is 6.42 Å². The number of anilines is 1. The van der Waals surface area contributed by atoms with Crippen LogP contribution in [0.3, 0.4) is 0 Å². The smallest absolute Gasteiger partial charge is 0.133 e. The summed E-state index contributed by atoms with van der Waals surface area (Å²) in [6, 6.07) is 4.71. The molecule has 0 radical (unpaired) electrons. The van der Waals surface area contributed by atoms with E-state index in [1.54, 1.807) is 0 Å². The van der Waals surface area contributed by atoms with Crippen LogP contribution in [0.25, 0.3) is 0 Å². The van der Waals surface area contributed by atoms with Crippen LogP contribution in [0, 0.1) is 6.92 Å². The summed E-state index contributed by atoms with van der Waals surface area (Å²) < 4.78 is 0. The van der Waals surface area contributed by atoms with Crippen molar-refractivity contribution in [3.05, 3.63) is 39.5 Å². The molecule has 0 saturated carbocycles. The van der Waals surface area contributed by atoms with E-state index in [2.05, 4.69) is 40.6 Å². The van der Waals surface area contributed by atoms with Crippen molar-refractivity contribution in [2.24, 2.45) is 0 Å². The summed E-state index contributed by atoms with van der Waals surface area (Å²) in [5.74, 6) is 2.25. The molecule has 1 unspecified atom stereocenters. The van der Waals surface area contributed by atoms with Crippen LogP contribution in [0.5, 0.6) is 0 Å². The van der Waals surface area contributed by atoms with E-state index < -0.39 is 0 Å². The third kappa shape index (κ3) is 2.70. The van der Waals surface area contributed by atoms with E-state index >= 15 is 0 Å². The van der Waals surface area contributed by atoms with E-state index in [-0.39, 0.29) is 0 Å². The van der Waals surface area contributed by atoms with E-state index in [1.807, 2.05) is 24.3 Å². The van der Waals surface area contributed by atoms with Crippen molar-refractivity contribution in [2.75, 3.05) is 5.32 Å². The Hall–Kier alpha value is -1.42. The number of hydrogen-bond acceptors (Lipinski definition) is 4. The maximum Gasteiger partial charge on any atom is 0.133 e. The monoisotopic (exact) mass is 287 g/mol. The molecule has 20 heavy (non-hydrogen) atoms. The van der Waals surface area contributed by atoms with Gasteiger partial charge in [0.15, 0.2) is 0 Å². The second-order valence-corrected chi connectivity index (χ2v) is 6.80. The second-order valence-electron chi connectivity index (χ2n) is 5.80. The van der Waals surface area contributed by atoms with Gasteiger partial charge in [0.05, 0.1) is 6.04 Å². The SMILES string of the molecule is Cc1cc(NC2CCCc3sccc32)nc(C(C)C)n1. The molecule has 1 atom stereocenters. The number of nitrogens with one attached hydrogen (secondary N) is 1. The molecule has 0 fully saturated rings. The van der Waals surface area contributed by atoms with Crippen molar-refractivity contribution in [2.45, 2.75) is 52.0 Å². The third-order valence-corrected chi connectivity index (χ3v) is 4.76. The lowest BCUT2D eigenvalue weighted by atomic mass is 9.94. The van der Waals surface area contributed by atoms with Gasteiger partial charge >= 0.3 is 0 Å². The van der Waals surface area contributed by atoms with Crippen molar-refractivity contribution >= 4 is 17.2 Å². The van der Waals surface area contributed by atoms with Crippen molar-refractivity contribution in [3.63, 3.8) is 0 Å². The Balaban J connectivity index is 1.86. The summed E-state index contributed by atoms with van der Waals surface area (Å²) in [6.45, 7) is 6.31. The van der Waals surface area contributed by atoms with Crippen LogP contribution in [-0.4, -0.2) is 9.97 Å². The molecule has 1 aliphatic rings. The molecule has 0 saturated heterocycles. The van der Waals surface area contributed by atoms with Crippen LogP contribution >= 0.6 is 11.3 Å². The van der Waals surface area contributed by atoms with Gasteiger partial charge in [0, 0.05) is 22.6 Å². The first-order valence-electron chi connectivity index (χ1n) is 7.32. The number of aromatic nitrogens is 2. The quantitative estimate of drug-likeness (QED) is 0.905. The van der Waals surface area contributed by atoms with Crippen LogP contribution in [0.2, 0.25) is 0 Å². The van der Waals surface area contributed by atoms with Gasteiger partial charge in [0.2, 0.25) is 0 Å². The lowest BCUT2D eigenvalue weighted by Crippen LogP contribution is -2.17. The molecule has 4 heteroatoms. The number of nitrogens with zero attached hydrogens (tertiary/aromatic N) is 2. The second kappa shape index (κ2) is 5.52. The summed E-state index contributed by atoms with van der Waals surface area (Å²) in [4.78, 5) is 10.7. The molecule has 2 aromatic heterocycles. The van der Waals surface area contributed by atoms with Crippen LogP contribution in [0.1, 0.15) is 60.6 Å². The summed E-state index contributed by atoms with van der Waals surface area (Å²) in [6.07, 6.45) is 3.67. The van der Waals surface area contributed by atoms with Gasteiger partial charge in [0.25, 0.3) is 0 Å². The van der Waals surface area contributed by atoms with Gasteiger partial charge in [-0.1, -0.05) is 13.8 Å². The minimum atomic E-state index is 0.360. The fraction of sp³-hybridized carbons (Fsp3) is 0.500. The van der Waals surface area contributed by atoms with E-state index in [0.29, 0.717) is 12.0 Å². The van der Waals surface area contributed by atoms with Crippen molar-refractivity contribution in [1.29, 1.82) is 0 Å². The van der Waals surface area contributed by atoms with Gasteiger partial charge in [-0.15, -0.1) is 11.3 Å². The van der Waals surface area contributed by atoms with E-state index in [1.165, 1.54) is 29.7 Å². The van der Waals surface area contributed by atoms with Crippen LogP contribution in [0.4, 0.5) is 5.82 Å². The zero-order chi connectivity index (χ0) is 14.1. The maximum absolute atomic E-state index is 4.67. The molecule has 3 rings (SSSR count). The van der Waals surface area contributed by atoms with Gasteiger partial charge in [-0.25, -0.2) is 9.97 Å². The standard InChI is InChI=1S/C16H21N3S/c1-10(2)16-17-11(3)9-15(19-16)18-13-5-4-6-14-12(13)7-8-20-14/h7-10,13H,4-6H2,1-3H3,(H,17,18,19). The van der Waals surface area contributed by atoms with Crippen LogP contribution < -0.4 is 5.32 Å². The van der Waals surface area contributed by atoms with Crippen molar-refractivity contribution in [1.82, 2.24) is 9.97 Å². The molecule has 0 spiro atoms. The van der Waals surface area contributed by atoms with Crippen molar-refractivity contribution < 1.29 is 0 Å². The van der Waals surface area contributed by atoms with E-state index in [0.717, 1.165) is 17.3 Å². The van der Waals surface area contributed by atoms with Crippen LogP contribution in [0.15, 0.2) is 17.5 Å². The molecular weight excluding hydrogens is 266 g/mol. The molecule has 1 N–H and O–H groups in total. The number of aryl methyl sites for hydroxylation is 2. The maximum atomic E-state index is 4.67. The molecule has 0 bridgehead atoms. The fourth-order valence-corrected chi connectivity index (χ4v) is 3.73. The van der Waals surface area contributed by atoms with Gasteiger partial charge < -0.3 is 5.32 Å². The highest BCUT2D eigenvalue weighted by atomic mass is 32.1. The Morgan fingerprint density at radius 2 is 2.20 bits per heavy atom. The zero-order valence-electron chi connectivity index (χ0n) is 12.3. The first-order valence-corrected chi connectivity index (χ1v) is 8.20. The molecule has 0 aliphatic heterocycles. The first-order chi connectivity index (χ1) is 9.63. The molecule has 0 aromatic carbocycles. The highest BCUT2D eigenvalue weighted by Crippen LogP contribution is 2.35. The largest absolute Gasteiger partial charge is 0.363 e. The van der Waals surface area contributed by atoms with Gasteiger partial charge in [0.1, 0.15) is 11.6 Å². The molecule has 2 heterocycles. The number of fused-ring (bicyclic) bond motifs is 1. The summed E-state index contributed by atoms with van der Waals surface area (Å²) in [5, 5.41) is 5.82.